The van der Waals surface area contributed by atoms with Gasteiger partial charge in [-0.15, -0.1) is 54.1 Å². The van der Waals surface area contributed by atoms with Crippen molar-refractivity contribution in [2.45, 2.75) is 58.2 Å². The van der Waals surface area contributed by atoms with Gasteiger partial charge in [-0.2, -0.15) is 0 Å². The van der Waals surface area contributed by atoms with Crippen LogP contribution in [0.4, 0.5) is 0 Å². The zero-order chi connectivity index (χ0) is 28.6. The predicted molar refractivity (Wildman–Crippen MR) is 173 cm³/mol. The molecule has 3 aromatic carbocycles. The molecule has 42 heavy (non-hydrogen) atoms. The monoisotopic (exact) mass is 745 g/mol. The first-order chi connectivity index (χ1) is 19.8. The van der Waals surface area contributed by atoms with Gasteiger partial charge in [-0.25, -0.2) is 0 Å². The minimum absolute atomic E-state index is 0. The van der Waals surface area contributed by atoms with E-state index in [4.69, 9.17) is 9.40 Å². The summed E-state index contributed by atoms with van der Waals surface area (Å²) < 4.78 is 6.31. The van der Waals surface area contributed by atoms with E-state index in [-0.39, 0.29) is 20.1 Å². The van der Waals surface area contributed by atoms with Crippen LogP contribution in [0.2, 0.25) is 19.6 Å². The fourth-order valence-corrected chi connectivity index (χ4v) is 6.22. The van der Waals surface area contributed by atoms with E-state index in [0.29, 0.717) is 5.92 Å². The van der Waals surface area contributed by atoms with Crippen molar-refractivity contribution in [3.05, 3.63) is 115 Å². The summed E-state index contributed by atoms with van der Waals surface area (Å²) in [6, 6.07) is 33.7. The molecule has 0 spiro atoms. The second kappa shape index (κ2) is 12.5. The van der Waals surface area contributed by atoms with Crippen molar-refractivity contribution in [1.29, 1.82) is 0 Å². The van der Waals surface area contributed by atoms with Crippen LogP contribution in [0, 0.1) is 12.1 Å². The van der Waals surface area contributed by atoms with Gasteiger partial charge < -0.3 is 14.4 Å². The van der Waals surface area contributed by atoms with Crippen LogP contribution in [0.3, 0.4) is 0 Å². The van der Waals surface area contributed by atoms with E-state index < -0.39 is 8.07 Å². The number of hydrogen-bond acceptors (Lipinski definition) is 3. The van der Waals surface area contributed by atoms with Crippen LogP contribution >= 0.6 is 0 Å². The molecule has 1 aliphatic rings. The Labute approximate surface area is 263 Å². The van der Waals surface area contributed by atoms with Crippen molar-refractivity contribution in [3.63, 3.8) is 0 Å². The molecule has 5 heteroatoms. The SMILES string of the molecule is CC(C)c1ccc(-c2[c-]cccc2)nc1.C[Si](C)(C)c1ccc2c(c1)oc1c(-c3ccc(C4CC4)cn3)[c-]ccc12.[Ir]. The number of hydrogen-bond donors (Lipinski definition) is 0. The van der Waals surface area contributed by atoms with E-state index in [1.165, 1.54) is 34.5 Å². The van der Waals surface area contributed by atoms with Crippen molar-refractivity contribution in [1.82, 2.24) is 9.97 Å². The summed E-state index contributed by atoms with van der Waals surface area (Å²) in [4.78, 5) is 9.14. The van der Waals surface area contributed by atoms with E-state index >= 15 is 0 Å². The predicted octanol–water partition coefficient (Wildman–Crippen LogP) is 9.54. The van der Waals surface area contributed by atoms with Crippen LogP contribution in [0.15, 0.2) is 95.7 Å². The van der Waals surface area contributed by atoms with Crippen LogP contribution < -0.4 is 5.19 Å². The molecule has 7 rings (SSSR count). The first kappa shape index (κ1) is 30.1. The molecule has 3 aromatic heterocycles. The smallest absolute Gasteiger partial charge is 0.120 e. The molecule has 0 saturated heterocycles. The van der Waals surface area contributed by atoms with Crippen LogP contribution in [0.1, 0.15) is 49.7 Å². The average molecular weight is 745 g/mol. The molecule has 1 saturated carbocycles. The molecule has 0 bridgehead atoms. The number of furan rings is 1. The van der Waals surface area contributed by atoms with E-state index in [2.05, 4.69) is 99.1 Å². The summed E-state index contributed by atoms with van der Waals surface area (Å²) in [7, 11) is -1.37. The van der Waals surface area contributed by atoms with Gasteiger partial charge in [-0.05, 0) is 53.3 Å². The molecule has 1 radical (unpaired) electrons. The summed E-state index contributed by atoms with van der Waals surface area (Å²) in [5, 5.41) is 3.73. The van der Waals surface area contributed by atoms with Crippen molar-refractivity contribution in [2.75, 3.05) is 0 Å². The summed E-state index contributed by atoms with van der Waals surface area (Å²) in [5.41, 5.74) is 8.41. The number of pyridine rings is 2. The van der Waals surface area contributed by atoms with E-state index in [1.54, 1.807) is 0 Å². The molecule has 0 unspecified atom stereocenters. The Morgan fingerprint density at radius 2 is 1.60 bits per heavy atom. The molecular weight excluding hydrogens is 709 g/mol. The molecule has 0 N–H and O–H groups in total. The number of benzene rings is 3. The maximum atomic E-state index is 6.31. The zero-order valence-electron chi connectivity index (χ0n) is 24.9. The van der Waals surface area contributed by atoms with E-state index in [9.17, 15) is 0 Å². The van der Waals surface area contributed by atoms with Gasteiger partial charge in [0.25, 0.3) is 0 Å². The molecule has 0 atom stereocenters. The van der Waals surface area contributed by atoms with Gasteiger partial charge in [0.05, 0.1) is 13.7 Å². The summed E-state index contributed by atoms with van der Waals surface area (Å²) in [6.45, 7) is 11.4. The average Bonchev–Trinajstić information content (AvgIpc) is 3.77. The maximum absolute atomic E-state index is 6.31. The van der Waals surface area contributed by atoms with Crippen molar-refractivity contribution < 1.29 is 24.5 Å². The molecule has 6 aromatic rings. The Morgan fingerprint density at radius 3 is 2.21 bits per heavy atom. The van der Waals surface area contributed by atoms with Crippen molar-refractivity contribution in [2.24, 2.45) is 0 Å². The summed E-state index contributed by atoms with van der Waals surface area (Å²) in [5.74, 6) is 1.26. The molecule has 3 heterocycles. The fourth-order valence-electron chi connectivity index (χ4n) is 5.07. The quantitative estimate of drug-likeness (QED) is 0.130. The number of aromatic nitrogens is 2. The van der Waals surface area contributed by atoms with Gasteiger partial charge in [-0.1, -0.05) is 86.0 Å². The van der Waals surface area contributed by atoms with Gasteiger partial charge in [0, 0.05) is 37.9 Å². The number of rotatable bonds is 5. The summed E-state index contributed by atoms with van der Waals surface area (Å²) >= 11 is 0. The summed E-state index contributed by atoms with van der Waals surface area (Å²) in [6.07, 6.45) is 6.56. The van der Waals surface area contributed by atoms with Gasteiger partial charge in [-0.3, -0.25) is 0 Å². The van der Waals surface area contributed by atoms with Crippen molar-refractivity contribution in [3.8, 4) is 22.5 Å². The first-order valence-electron chi connectivity index (χ1n) is 14.5. The minimum Gasteiger partial charge on any atom is -0.501 e. The Morgan fingerprint density at radius 1 is 0.810 bits per heavy atom. The van der Waals surface area contributed by atoms with Gasteiger partial charge in [0.1, 0.15) is 5.58 Å². The van der Waals surface area contributed by atoms with Gasteiger partial charge >= 0.3 is 0 Å². The molecular formula is C37H36IrN2OSi-2. The third kappa shape index (κ3) is 6.49. The zero-order valence-corrected chi connectivity index (χ0v) is 28.3. The van der Waals surface area contributed by atoms with Crippen LogP contribution in [0.5, 0.6) is 0 Å². The Hall–Kier alpha value is -3.37. The standard InChI is InChI=1S/C23H22NOSi.C14H14N.Ir/c1-26(2,3)17-10-11-18-19-5-4-6-20(23(19)25-22(18)13-17)21-12-9-16(14-24-21)15-7-8-15;1-11(2)13-8-9-14(15-10-13)12-6-4-3-5-7-12;/h4-5,9-15H,7-8H2,1-3H3;3-6,8-11H,1-2H3;/q2*-1;. The first-order valence-corrected chi connectivity index (χ1v) is 18.0. The Bertz CT molecular complexity index is 1780. The Kier molecular flexibility index (Phi) is 8.93. The molecule has 0 amide bonds. The van der Waals surface area contributed by atoms with Crippen molar-refractivity contribution >= 4 is 35.2 Å². The molecule has 1 fully saturated rings. The third-order valence-electron chi connectivity index (χ3n) is 7.83. The Balaban J connectivity index is 0.000000189. The van der Waals surface area contributed by atoms with E-state index in [0.717, 1.165) is 45.0 Å². The maximum Gasteiger partial charge on any atom is 0.120 e. The molecule has 215 valence electrons. The third-order valence-corrected chi connectivity index (χ3v) is 9.87. The number of fused-ring (bicyclic) bond motifs is 3. The minimum atomic E-state index is -1.37. The van der Waals surface area contributed by atoms with Gasteiger partial charge in [0.15, 0.2) is 0 Å². The second-order valence-corrected chi connectivity index (χ2v) is 17.4. The largest absolute Gasteiger partial charge is 0.501 e. The molecule has 3 nitrogen and oxygen atoms in total. The van der Waals surface area contributed by atoms with Crippen LogP contribution in [-0.4, -0.2) is 18.0 Å². The topological polar surface area (TPSA) is 38.9 Å². The van der Waals surface area contributed by atoms with E-state index in [1.807, 2.05) is 42.7 Å². The molecule has 1 aliphatic carbocycles. The van der Waals surface area contributed by atoms with Crippen LogP contribution in [-0.2, 0) is 20.1 Å². The van der Waals surface area contributed by atoms with Crippen LogP contribution in [0.25, 0.3) is 44.5 Å². The van der Waals surface area contributed by atoms with Gasteiger partial charge in [0.2, 0.25) is 0 Å². The fraction of sp³-hybridized carbons (Fsp3) is 0.243. The second-order valence-electron chi connectivity index (χ2n) is 12.3. The number of nitrogens with zero attached hydrogens (tertiary/aromatic N) is 2. The molecule has 0 aliphatic heterocycles. The normalized spacial score (nSPS) is 13.1.